The SMILES string of the molecule is O=C(NNc1ccccc1)c1ccncc1Nc1ccc(I)cc1F. The molecule has 0 radical (unpaired) electrons. The summed E-state index contributed by atoms with van der Waals surface area (Å²) in [5, 5.41) is 2.92. The summed E-state index contributed by atoms with van der Waals surface area (Å²) in [6.07, 6.45) is 2.99. The van der Waals surface area contributed by atoms with Crippen LogP contribution in [0.5, 0.6) is 0 Å². The van der Waals surface area contributed by atoms with Crippen LogP contribution in [0.2, 0.25) is 0 Å². The number of halogens is 2. The number of amides is 1. The molecule has 25 heavy (non-hydrogen) atoms. The molecule has 0 aliphatic rings. The van der Waals surface area contributed by atoms with Gasteiger partial charge in [-0.05, 0) is 59.0 Å². The number of aromatic nitrogens is 1. The first-order valence-corrected chi connectivity index (χ1v) is 8.49. The number of nitrogens with zero attached hydrogens (tertiary/aromatic N) is 1. The normalized spacial score (nSPS) is 10.2. The Morgan fingerprint density at radius 1 is 1.04 bits per heavy atom. The van der Waals surface area contributed by atoms with E-state index >= 15 is 0 Å². The van der Waals surface area contributed by atoms with Gasteiger partial charge < -0.3 is 5.32 Å². The maximum absolute atomic E-state index is 14.0. The predicted octanol–water partition coefficient (Wildman–Crippen LogP) is 4.33. The molecule has 1 amide bonds. The van der Waals surface area contributed by atoms with Gasteiger partial charge in [-0.3, -0.25) is 20.6 Å². The monoisotopic (exact) mass is 448 g/mol. The highest BCUT2D eigenvalue weighted by atomic mass is 127. The third-order valence-corrected chi connectivity index (χ3v) is 4.03. The molecule has 3 N–H and O–H groups in total. The summed E-state index contributed by atoms with van der Waals surface area (Å²) < 4.78 is 14.8. The molecule has 1 aromatic heterocycles. The van der Waals surface area contributed by atoms with Crippen molar-refractivity contribution in [2.75, 3.05) is 10.7 Å². The van der Waals surface area contributed by atoms with E-state index in [1.54, 1.807) is 18.2 Å². The third kappa shape index (κ3) is 4.44. The van der Waals surface area contributed by atoms with Gasteiger partial charge in [0.05, 0.1) is 28.8 Å². The van der Waals surface area contributed by atoms with Crippen molar-refractivity contribution in [3.8, 4) is 0 Å². The van der Waals surface area contributed by atoms with E-state index in [0.717, 1.165) is 9.26 Å². The van der Waals surface area contributed by atoms with Crippen LogP contribution in [0, 0.1) is 9.39 Å². The number of anilines is 3. The summed E-state index contributed by atoms with van der Waals surface area (Å²) in [6.45, 7) is 0. The molecule has 0 saturated heterocycles. The van der Waals surface area contributed by atoms with Gasteiger partial charge in [0.2, 0.25) is 0 Å². The number of carbonyl (C=O) groups excluding carboxylic acids is 1. The van der Waals surface area contributed by atoms with Crippen molar-refractivity contribution in [1.29, 1.82) is 0 Å². The van der Waals surface area contributed by atoms with Gasteiger partial charge in [-0.2, -0.15) is 0 Å². The van der Waals surface area contributed by atoms with Gasteiger partial charge in [0.25, 0.3) is 5.91 Å². The van der Waals surface area contributed by atoms with Gasteiger partial charge in [-0.15, -0.1) is 0 Å². The van der Waals surface area contributed by atoms with Crippen LogP contribution in [0.25, 0.3) is 0 Å². The Kier molecular flexibility index (Phi) is 5.44. The second kappa shape index (κ2) is 7.93. The number of nitrogens with one attached hydrogen (secondary N) is 3. The number of pyridine rings is 1. The van der Waals surface area contributed by atoms with Gasteiger partial charge in [-0.1, -0.05) is 18.2 Å². The second-order valence-corrected chi connectivity index (χ2v) is 6.36. The minimum atomic E-state index is -0.399. The largest absolute Gasteiger partial charge is 0.351 e. The van der Waals surface area contributed by atoms with E-state index in [1.807, 2.05) is 52.9 Å². The fraction of sp³-hybridized carbons (Fsp3) is 0. The fourth-order valence-electron chi connectivity index (χ4n) is 2.15. The molecular weight excluding hydrogens is 434 g/mol. The molecule has 0 aliphatic heterocycles. The van der Waals surface area contributed by atoms with Crippen molar-refractivity contribution in [3.63, 3.8) is 0 Å². The van der Waals surface area contributed by atoms with Crippen LogP contribution in [-0.4, -0.2) is 10.9 Å². The highest BCUT2D eigenvalue weighted by Crippen LogP contribution is 2.23. The zero-order valence-corrected chi connectivity index (χ0v) is 15.1. The molecule has 2 aromatic carbocycles. The molecule has 0 atom stereocenters. The van der Waals surface area contributed by atoms with Gasteiger partial charge in [-0.25, -0.2) is 4.39 Å². The van der Waals surface area contributed by atoms with Gasteiger partial charge in [0, 0.05) is 9.77 Å². The van der Waals surface area contributed by atoms with E-state index in [1.165, 1.54) is 18.5 Å². The zero-order valence-electron chi connectivity index (χ0n) is 13.0. The van der Waals surface area contributed by atoms with Gasteiger partial charge in [0.15, 0.2) is 0 Å². The van der Waals surface area contributed by atoms with Crippen LogP contribution in [0.3, 0.4) is 0 Å². The Bertz CT molecular complexity index is 889. The summed E-state index contributed by atoms with van der Waals surface area (Å²) in [7, 11) is 0. The lowest BCUT2D eigenvalue weighted by Gasteiger charge is -2.13. The van der Waals surface area contributed by atoms with E-state index in [4.69, 9.17) is 0 Å². The second-order valence-electron chi connectivity index (χ2n) is 5.12. The Morgan fingerprint density at radius 2 is 1.84 bits per heavy atom. The van der Waals surface area contributed by atoms with E-state index in [-0.39, 0.29) is 11.6 Å². The van der Waals surface area contributed by atoms with Crippen LogP contribution < -0.4 is 16.2 Å². The summed E-state index contributed by atoms with van der Waals surface area (Å²) in [6, 6.07) is 15.6. The molecule has 3 rings (SSSR count). The van der Waals surface area contributed by atoms with E-state index in [9.17, 15) is 9.18 Å². The number of rotatable bonds is 5. The molecule has 7 heteroatoms. The minimum absolute atomic E-state index is 0.276. The van der Waals surface area contributed by atoms with Gasteiger partial charge in [0.1, 0.15) is 5.82 Å². The standard InChI is InChI=1S/C18H14FIN4O/c19-15-10-12(20)6-7-16(15)22-17-11-21-9-8-14(17)18(25)24-23-13-4-2-1-3-5-13/h1-11,22-23H,(H,24,25). The first-order chi connectivity index (χ1) is 12.1. The smallest absolute Gasteiger partial charge is 0.271 e. The molecule has 0 fully saturated rings. The van der Waals surface area contributed by atoms with Crippen molar-refractivity contribution in [3.05, 3.63) is 81.9 Å². The minimum Gasteiger partial charge on any atom is -0.351 e. The van der Waals surface area contributed by atoms with Crippen molar-refractivity contribution >= 4 is 45.6 Å². The molecular formula is C18H14FIN4O. The molecule has 126 valence electrons. The Balaban J connectivity index is 1.77. The van der Waals surface area contributed by atoms with Crippen LogP contribution in [-0.2, 0) is 0 Å². The Labute approximate surface area is 157 Å². The van der Waals surface area contributed by atoms with Crippen molar-refractivity contribution in [1.82, 2.24) is 10.4 Å². The third-order valence-electron chi connectivity index (χ3n) is 3.36. The lowest BCUT2D eigenvalue weighted by molar-refractivity contribution is 0.0963. The van der Waals surface area contributed by atoms with Crippen molar-refractivity contribution in [2.45, 2.75) is 0 Å². The first-order valence-electron chi connectivity index (χ1n) is 7.41. The molecule has 5 nitrogen and oxygen atoms in total. The highest BCUT2D eigenvalue weighted by molar-refractivity contribution is 14.1. The summed E-state index contributed by atoms with van der Waals surface area (Å²) >= 11 is 2.03. The molecule has 0 bridgehead atoms. The number of benzene rings is 2. The van der Waals surface area contributed by atoms with Crippen molar-refractivity contribution < 1.29 is 9.18 Å². The Morgan fingerprint density at radius 3 is 2.60 bits per heavy atom. The molecule has 3 aromatic rings. The topological polar surface area (TPSA) is 66.0 Å². The first kappa shape index (κ1) is 17.2. The predicted molar refractivity (Wildman–Crippen MR) is 104 cm³/mol. The van der Waals surface area contributed by atoms with Gasteiger partial charge >= 0.3 is 0 Å². The number of hydrogen-bond acceptors (Lipinski definition) is 4. The van der Waals surface area contributed by atoms with E-state index in [0.29, 0.717) is 11.3 Å². The molecule has 0 spiro atoms. The quantitative estimate of drug-likeness (QED) is 0.402. The maximum Gasteiger partial charge on any atom is 0.271 e. The molecule has 0 unspecified atom stereocenters. The molecule has 1 heterocycles. The van der Waals surface area contributed by atoms with E-state index < -0.39 is 5.82 Å². The van der Waals surface area contributed by atoms with Crippen LogP contribution >= 0.6 is 22.6 Å². The zero-order chi connectivity index (χ0) is 17.6. The average Bonchev–Trinajstić information content (AvgIpc) is 2.63. The van der Waals surface area contributed by atoms with E-state index in [2.05, 4.69) is 21.2 Å². The van der Waals surface area contributed by atoms with Crippen LogP contribution in [0.15, 0.2) is 67.0 Å². The summed E-state index contributed by atoms with van der Waals surface area (Å²) in [5.41, 5.74) is 7.23. The average molecular weight is 448 g/mol. The summed E-state index contributed by atoms with van der Waals surface area (Å²) in [4.78, 5) is 16.4. The van der Waals surface area contributed by atoms with Crippen LogP contribution in [0.1, 0.15) is 10.4 Å². The van der Waals surface area contributed by atoms with Crippen LogP contribution in [0.4, 0.5) is 21.5 Å². The Hall–Kier alpha value is -2.68. The lowest BCUT2D eigenvalue weighted by atomic mass is 10.2. The number of carbonyl (C=O) groups is 1. The summed E-state index contributed by atoms with van der Waals surface area (Å²) in [5.74, 6) is -0.760. The molecule has 0 saturated carbocycles. The fourth-order valence-corrected chi connectivity index (χ4v) is 2.60. The maximum atomic E-state index is 14.0. The number of hydrogen-bond donors (Lipinski definition) is 3. The highest BCUT2D eigenvalue weighted by Gasteiger charge is 2.13. The number of hydrazine groups is 1. The molecule has 0 aliphatic carbocycles. The number of para-hydroxylation sites is 1. The lowest BCUT2D eigenvalue weighted by Crippen LogP contribution is -2.29. The van der Waals surface area contributed by atoms with Crippen molar-refractivity contribution in [2.24, 2.45) is 0 Å².